The number of carbonyl (C=O) groups excluding carboxylic acids is 3. The summed E-state index contributed by atoms with van der Waals surface area (Å²) < 4.78 is 10.8. The normalized spacial score (nSPS) is 15.9. The second-order valence-electron chi connectivity index (χ2n) is 6.89. The Labute approximate surface area is 169 Å². The summed E-state index contributed by atoms with van der Waals surface area (Å²) in [7, 11) is 1.60. The number of carbonyl (C=O) groups is 3. The minimum atomic E-state index is -0.407. The van der Waals surface area contributed by atoms with Gasteiger partial charge in [-0.05, 0) is 55.5 Å². The molecule has 1 unspecified atom stereocenters. The van der Waals surface area contributed by atoms with Crippen molar-refractivity contribution in [3.05, 3.63) is 54.1 Å². The lowest BCUT2D eigenvalue weighted by molar-refractivity contribution is -0.128. The molecule has 0 aliphatic carbocycles. The number of hydrogen-bond acceptors (Lipinski definition) is 5. The largest absolute Gasteiger partial charge is 0.497 e. The summed E-state index contributed by atoms with van der Waals surface area (Å²) in [6.07, 6.45) is 0.180. The molecule has 152 valence electrons. The number of hydrogen-bond donors (Lipinski definition) is 1. The molecular formula is C22H24N2O5. The fourth-order valence-electron chi connectivity index (χ4n) is 3.14. The first kappa shape index (κ1) is 20.4. The number of likely N-dealkylation sites (tertiary alicyclic amines) is 1. The highest BCUT2D eigenvalue weighted by molar-refractivity contribution is 5.98. The number of ether oxygens (including phenoxy) is 2. The van der Waals surface area contributed by atoms with Gasteiger partial charge < -0.3 is 19.7 Å². The number of anilines is 1. The highest BCUT2D eigenvalue weighted by atomic mass is 16.5. The molecule has 7 heteroatoms. The van der Waals surface area contributed by atoms with E-state index >= 15 is 0 Å². The Morgan fingerprint density at radius 3 is 2.34 bits per heavy atom. The Balaban J connectivity index is 1.47. The van der Waals surface area contributed by atoms with E-state index in [2.05, 4.69) is 5.32 Å². The van der Waals surface area contributed by atoms with Crippen molar-refractivity contribution in [2.75, 3.05) is 32.1 Å². The Morgan fingerprint density at radius 1 is 1.07 bits per heavy atom. The quantitative estimate of drug-likeness (QED) is 0.694. The Kier molecular flexibility index (Phi) is 6.49. The first-order chi connectivity index (χ1) is 14.0. The van der Waals surface area contributed by atoms with E-state index in [4.69, 9.17) is 9.47 Å². The Bertz CT molecular complexity index is 877. The number of methoxy groups -OCH3 is 1. The van der Waals surface area contributed by atoms with E-state index in [1.807, 2.05) is 0 Å². The first-order valence-electron chi connectivity index (χ1n) is 9.43. The monoisotopic (exact) mass is 396 g/mol. The zero-order valence-electron chi connectivity index (χ0n) is 16.5. The van der Waals surface area contributed by atoms with Crippen LogP contribution in [0.1, 0.15) is 23.7 Å². The fraction of sp³-hybridized carbons (Fsp3) is 0.318. The third-order valence-corrected chi connectivity index (χ3v) is 4.83. The van der Waals surface area contributed by atoms with E-state index in [1.54, 1.807) is 60.5 Å². The van der Waals surface area contributed by atoms with E-state index in [0.717, 1.165) is 5.75 Å². The zero-order valence-corrected chi connectivity index (χ0v) is 16.5. The summed E-state index contributed by atoms with van der Waals surface area (Å²) in [5.41, 5.74) is 1.19. The summed E-state index contributed by atoms with van der Waals surface area (Å²) in [5, 5.41) is 2.81. The molecule has 1 fully saturated rings. The number of nitrogens with zero attached hydrogens (tertiary/aromatic N) is 1. The highest BCUT2D eigenvalue weighted by Crippen LogP contribution is 2.21. The van der Waals surface area contributed by atoms with Crippen molar-refractivity contribution in [1.82, 2.24) is 4.90 Å². The molecule has 29 heavy (non-hydrogen) atoms. The Hall–Kier alpha value is -3.35. The van der Waals surface area contributed by atoms with Crippen LogP contribution in [-0.4, -0.2) is 49.3 Å². The molecule has 1 N–H and O–H groups in total. The molecule has 1 aliphatic heterocycles. The maximum Gasteiger partial charge on any atom is 0.229 e. The van der Waals surface area contributed by atoms with Gasteiger partial charge in [0.05, 0.1) is 19.6 Å². The van der Waals surface area contributed by atoms with Crippen LogP contribution in [0.5, 0.6) is 11.5 Å². The van der Waals surface area contributed by atoms with Gasteiger partial charge in [-0.3, -0.25) is 14.4 Å². The van der Waals surface area contributed by atoms with Crippen LogP contribution in [0.15, 0.2) is 48.5 Å². The maximum atomic E-state index is 12.5. The lowest BCUT2D eigenvalue weighted by Crippen LogP contribution is -2.31. The second-order valence-corrected chi connectivity index (χ2v) is 6.89. The molecule has 1 atom stereocenters. The molecule has 2 aromatic rings. The van der Waals surface area contributed by atoms with Crippen molar-refractivity contribution in [3.8, 4) is 11.5 Å². The van der Waals surface area contributed by atoms with E-state index < -0.39 is 5.92 Å². The van der Waals surface area contributed by atoms with E-state index in [0.29, 0.717) is 36.7 Å². The fourth-order valence-corrected chi connectivity index (χ4v) is 3.14. The molecule has 0 bridgehead atoms. The van der Waals surface area contributed by atoms with Gasteiger partial charge in [0.25, 0.3) is 0 Å². The van der Waals surface area contributed by atoms with Crippen molar-refractivity contribution < 1.29 is 23.9 Å². The third-order valence-electron chi connectivity index (χ3n) is 4.83. The number of amides is 2. The average molecular weight is 396 g/mol. The molecule has 0 spiro atoms. The molecule has 0 aromatic heterocycles. The van der Waals surface area contributed by atoms with Gasteiger partial charge in [-0.2, -0.15) is 0 Å². The number of Topliss-reactive ketones (excluding diaryl/α,β-unsaturated/α-hetero) is 1. The SMILES string of the molecule is COc1ccc(OCCN2CC(C(=O)Nc3ccc(C(C)=O)cc3)CC2=O)cc1. The molecule has 1 heterocycles. The molecule has 1 aliphatic rings. The standard InChI is InChI=1S/C22H24N2O5/c1-15(25)16-3-5-18(6-4-16)23-22(27)17-13-21(26)24(14-17)11-12-29-20-9-7-19(28-2)8-10-20/h3-10,17H,11-14H2,1-2H3,(H,23,27). The van der Waals surface area contributed by atoms with Gasteiger partial charge in [0, 0.05) is 24.2 Å². The molecule has 2 aromatic carbocycles. The van der Waals surface area contributed by atoms with Crippen LogP contribution in [0.4, 0.5) is 5.69 Å². The molecule has 7 nitrogen and oxygen atoms in total. The van der Waals surface area contributed by atoms with Crippen LogP contribution in [0.25, 0.3) is 0 Å². The highest BCUT2D eigenvalue weighted by Gasteiger charge is 2.34. The van der Waals surface area contributed by atoms with Crippen LogP contribution >= 0.6 is 0 Å². The molecule has 0 saturated carbocycles. The lowest BCUT2D eigenvalue weighted by atomic mass is 10.1. The van der Waals surface area contributed by atoms with E-state index in [9.17, 15) is 14.4 Å². The van der Waals surface area contributed by atoms with Crippen LogP contribution < -0.4 is 14.8 Å². The molecule has 1 saturated heterocycles. The minimum absolute atomic E-state index is 0.0308. The van der Waals surface area contributed by atoms with E-state index in [-0.39, 0.29) is 24.0 Å². The number of rotatable bonds is 8. The van der Waals surface area contributed by atoms with Crippen molar-refractivity contribution in [3.63, 3.8) is 0 Å². The lowest BCUT2D eigenvalue weighted by Gasteiger charge is -2.17. The van der Waals surface area contributed by atoms with Crippen molar-refractivity contribution in [1.29, 1.82) is 0 Å². The molecule has 0 radical (unpaired) electrons. The van der Waals surface area contributed by atoms with Gasteiger partial charge in [0.15, 0.2) is 5.78 Å². The summed E-state index contributed by atoms with van der Waals surface area (Å²) >= 11 is 0. The molecule has 2 amide bonds. The van der Waals surface area contributed by atoms with Gasteiger partial charge in [-0.1, -0.05) is 0 Å². The number of ketones is 1. The third kappa shape index (κ3) is 5.34. The second kappa shape index (κ2) is 9.23. The summed E-state index contributed by atoms with van der Waals surface area (Å²) in [4.78, 5) is 37.7. The van der Waals surface area contributed by atoms with Gasteiger partial charge in [-0.15, -0.1) is 0 Å². The molecular weight excluding hydrogens is 372 g/mol. The smallest absolute Gasteiger partial charge is 0.229 e. The Morgan fingerprint density at radius 2 is 1.72 bits per heavy atom. The van der Waals surface area contributed by atoms with Gasteiger partial charge in [0.2, 0.25) is 11.8 Å². The van der Waals surface area contributed by atoms with Crippen LogP contribution in [0.2, 0.25) is 0 Å². The summed E-state index contributed by atoms with van der Waals surface area (Å²) in [5.74, 6) is 0.744. The minimum Gasteiger partial charge on any atom is -0.497 e. The average Bonchev–Trinajstić information content (AvgIpc) is 3.10. The first-order valence-corrected chi connectivity index (χ1v) is 9.43. The van der Waals surface area contributed by atoms with Crippen LogP contribution in [-0.2, 0) is 9.59 Å². The van der Waals surface area contributed by atoms with Crippen molar-refractivity contribution in [2.24, 2.45) is 5.92 Å². The summed E-state index contributed by atoms with van der Waals surface area (Å²) in [6.45, 7) is 2.62. The van der Waals surface area contributed by atoms with Crippen molar-refractivity contribution >= 4 is 23.3 Å². The van der Waals surface area contributed by atoms with E-state index in [1.165, 1.54) is 6.92 Å². The maximum absolute atomic E-state index is 12.5. The van der Waals surface area contributed by atoms with Gasteiger partial charge in [0.1, 0.15) is 18.1 Å². The van der Waals surface area contributed by atoms with Gasteiger partial charge in [-0.25, -0.2) is 0 Å². The van der Waals surface area contributed by atoms with Crippen LogP contribution in [0.3, 0.4) is 0 Å². The molecule has 3 rings (SSSR count). The topological polar surface area (TPSA) is 84.9 Å². The zero-order chi connectivity index (χ0) is 20.8. The predicted octanol–water partition coefficient (Wildman–Crippen LogP) is 2.76. The summed E-state index contributed by atoms with van der Waals surface area (Å²) in [6, 6.07) is 13.9. The number of benzene rings is 2. The van der Waals surface area contributed by atoms with Crippen molar-refractivity contribution in [2.45, 2.75) is 13.3 Å². The predicted molar refractivity (Wildman–Crippen MR) is 108 cm³/mol. The number of nitrogens with one attached hydrogen (secondary N) is 1. The van der Waals surface area contributed by atoms with Gasteiger partial charge >= 0.3 is 0 Å². The van der Waals surface area contributed by atoms with Crippen LogP contribution in [0, 0.1) is 5.92 Å².